The van der Waals surface area contributed by atoms with E-state index < -0.39 is 0 Å². The lowest BCUT2D eigenvalue weighted by atomic mass is 10.1. The van der Waals surface area contributed by atoms with Gasteiger partial charge in [-0.25, -0.2) is 0 Å². The molecule has 142 valence electrons. The molecule has 1 saturated heterocycles. The van der Waals surface area contributed by atoms with Gasteiger partial charge in [-0.3, -0.25) is 9.59 Å². The third kappa shape index (κ3) is 3.07. The van der Waals surface area contributed by atoms with Gasteiger partial charge >= 0.3 is 0 Å². The van der Waals surface area contributed by atoms with Crippen LogP contribution in [0.25, 0.3) is 11.0 Å². The SMILES string of the molecule is O=C(c1cc2ccccc2o1)N1CCN(C(=O)C2CC2c2ccccc2)CC1. The van der Waals surface area contributed by atoms with Gasteiger partial charge in [0.05, 0.1) is 0 Å². The van der Waals surface area contributed by atoms with E-state index in [2.05, 4.69) is 12.1 Å². The van der Waals surface area contributed by atoms with Crippen molar-refractivity contribution in [3.05, 3.63) is 72.0 Å². The van der Waals surface area contributed by atoms with Gasteiger partial charge in [0.1, 0.15) is 5.58 Å². The molecule has 2 unspecified atom stereocenters. The topological polar surface area (TPSA) is 53.8 Å². The Kier molecular flexibility index (Phi) is 4.15. The molecule has 28 heavy (non-hydrogen) atoms. The van der Waals surface area contributed by atoms with Gasteiger partial charge in [0.2, 0.25) is 5.91 Å². The molecule has 2 aromatic carbocycles. The van der Waals surface area contributed by atoms with Crippen molar-refractivity contribution in [3.63, 3.8) is 0 Å². The first-order valence-corrected chi connectivity index (χ1v) is 9.82. The average molecular weight is 374 g/mol. The summed E-state index contributed by atoms with van der Waals surface area (Å²) in [4.78, 5) is 29.3. The zero-order valence-electron chi connectivity index (χ0n) is 15.6. The second kappa shape index (κ2) is 6.82. The Morgan fingerprint density at radius 2 is 1.54 bits per heavy atom. The predicted molar refractivity (Wildman–Crippen MR) is 106 cm³/mol. The van der Waals surface area contributed by atoms with Gasteiger partial charge in [-0.1, -0.05) is 48.5 Å². The molecule has 1 aliphatic carbocycles. The van der Waals surface area contributed by atoms with Gasteiger partial charge in [-0.05, 0) is 30.0 Å². The van der Waals surface area contributed by atoms with Crippen molar-refractivity contribution in [2.75, 3.05) is 26.2 Å². The number of amides is 2. The quantitative estimate of drug-likeness (QED) is 0.705. The number of para-hydroxylation sites is 1. The molecule has 5 heteroatoms. The third-order valence-corrected chi connectivity index (χ3v) is 5.85. The highest BCUT2D eigenvalue weighted by Gasteiger charge is 2.46. The van der Waals surface area contributed by atoms with E-state index in [9.17, 15) is 9.59 Å². The molecule has 2 aliphatic rings. The number of carbonyl (C=O) groups is 2. The third-order valence-electron chi connectivity index (χ3n) is 5.85. The molecule has 2 heterocycles. The maximum Gasteiger partial charge on any atom is 0.289 e. The first kappa shape index (κ1) is 17.0. The lowest BCUT2D eigenvalue weighted by Crippen LogP contribution is -2.51. The smallest absolute Gasteiger partial charge is 0.289 e. The van der Waals surface area contributed by atoms with Crippen molar-refractivity contribution < 1.29 is 14.0 Å². The van der Waals surface area contributed by atoms with Crippen LogP contribution in [0.1, 0.15) is 28.5 Å². The minimum atomic E-state index is -0.100. The van der Waals surface area contributed by atoms with Crippen LogP contribution in [0.5, 0.6) is 0 Å². The second-order valence-electron chi connectivity index (χ2n) is 7.63. The van der Waals surface area contributed by atoms with E-state index in [1.165, 1.54) is 5.56 Å². The number of hydrogen-bond acceptors (Lipinski definition) is 3. The first-order valence-electron chi connectivity index (χ1n) is 9.82. The van der Waals surface area contributed by atoms with E-state index in [1.54, 1.807) is 11.0 Å². The number of hydrogen-bond donors (Lipinski definition) is 0. The van der Waals surface area contributed by atoms with Crippen molar-refractivity contribution in [2.24, 2.45) is 5.92 Å². The first-order chi connectivity index (χ1) is 13.7. The molecule has 0 bridgehead atoms. The fourth-order valence-corrected chi connectivity index (χ4v) is 4.14. The van der Waals surface area contributed by atoms with Crippen molar-refractivity contribution in [2.45, 2.75) is 12.3 Å². The molecule has 5 rings (SSSR count). The van der Waals surface area contributed by atoms with Crippen LogP contribution in [0.4, 0.5) is 0 Å². The highest BCUT2D eigenvalue weighted by Crippen LogP contribution is 2.48. The summed E-state index contributed by atoms with van der Waals surface area (Å²) in [5, 5.41) is 0.931. The molecule has 3 aromatic rings. The Morgan fingerprint density at radius 1 is 0.857 bits per heavy atom. The van der Waals surface area contributed by atoms with Crippen molar-refractivity contribution in [1.82, 2.24) is 9.80 Å². The van der Waals surface area contributed by atoms with Crippen LogP contribution in [0.2, 0.25) is 0 Å². The fraction of sp³-hybridized carbons (Fsp3) is 0.304. The van der Waals surface area contributed by atoms with Crippen LogP contribution in [-0.4, -0.2) is 47.8 Å². The molecule has 2 amide bonds. The van der Waals surface area contributed by atoms with Gasteiger partial charge in [-0.2, -0.15) is 0 Å². The fourth-order valence-electron chi connectivity index (χ4n) is 4.14. The number of furan rings is 1. The molecule has 2 atom stereocenters. The maximum atomic E-state index is 12.8. The number of fused-ring (bicyclic) bond motifs is 1. The maximum absolute atomic E-state index is 12.8. The number of carbonyl (C=O) groups excluding carboxylic acids is 2. The van der Waals surface area contributed by atoms with Gasteiger partial charge in [0.25, 0.3) is 5.91 Å². The lowest BCUT2D eigenvalue weighted by Gasteiger charge is -2.34. The molecule has 1 aliphatic heterocycles. The number of nitrogens with zero attached hydrogens (tertiary/aromatic N) is 2. The zero-order valence-corrected chi connectivity index (χ0v) is 15.6. The second-order valence-corrected chi connectivity index (χ2v) is 7.63. The number of rotatable bonds is 3. The van der Waals surface area contributed by atoms with Gasteiger partial charge in [0, 0.05) is 37.5 Å². The van der Waals surface area contributed by atoms with Crippen LogP contribution in [-0.2, 0) is 4.79 Å². The van der Waals surface area contributed by atoms with Crippen LogP contribution in [0.15, 0.2) is 65.1 Å². The lowest BCUT2D eigenvalue weighted by molar-refractivity contribution is -0.134. The van der Waals surface area contributed by atoms with Gasteiger partial charge in [-0.15, -0.1) is 0 Å². The highest BCUT2D eigenvalue weighted by atomic mass is 16.3. The van der Waals surface area contributed by atoms with Crippen LogP contribution in [0, 0.1) is 5.92 Å². The summed E-state index contributed by atoms with van der Waals surface area (Å²) in [5.74, 6) is 0.942. The van der Waals surface area contributed by atoms with Gasteiger partial charge in [0.15, 0.2) is 5.76 Å². The molecule has 0 N–H and O–H groups in total. The Bertz CT molecular complexity index is 986. The normalized spacial score (nSPS) is 21.7. The van der Waals surface area contributed by atoms with Crippen molar-refractivity contribution >= 4 is 22.8 Å². The summed E-state index contributed by atoms with van der Waals surface area (Å²) in [6.45, 7) is 2.26. The van der Waals surface area contributed by atoms with Crippen molar-refractivity contribution in [3.8, 4) is 0 Å². The Balaban J connectivity index is 1.19. The van der Waals surface area contributed by atoms with Crippen LogP contribution in [0.3, 0.4) is 0 Å². The van der Waals surface area contributed by atoms with E-state index >= 15 is 0 Å². The average Bonchev–Trinajstić information content (AvgIpc) is 3.44. The van der Waals surface area contributed by atoms with E-state index in [-0.39, 0.29) is 17.7 Å². The Labute approximate surface area is 163 Å². The number of benzene rings is 2. The van der Waals surface area contributed by atoms with Crippen LogP contribution < -0.4 is 0 Å². The van der Waals surface area contributed by atoms with Gasteiger partial charge < -0.3 is 14.2 Å². The Hall–Kier alpha value is -3.08. The van der Waals surface area contributed by atoms with E-state index in [4.69, 9.17) is 4.42 Å². The highest BCUT2D eigenvalue weighted by molar-refractivity contribution is 5.96. The molecule has 1 saturated carbocycles. The summed E-state index contributed by atoms with van der Waals surface area (Å²) >= 11 is 0. The predicted octanol–water partition coefficient (Wildman–Crippen LogP) is 3.52. The van der Waals surface area contributed by atoms with Crippen LogP contribution >= 0.6 is 0 Å². The molecule has 5 nitrogen and oxygen atoms in total. The number of piperazine rings is 1. The molecule has 2 fully saturated rings. The van der Waals surface area contributed by atoms with Crippen molar-refractivity contribution in [1.29, 1.82) is 0 Å². The summed E-state index contributed by atoms with van der Waals surface area (Å²) in [5.41, 5.74) is 1.97. The van der Waals surface area contributed by atoms with E-state index in [1.807, 2.05) is 47.4 Å². The standard InChI is InChI=1S/C23H22N2O3/c26-22(19-15-18(19)16-6-2-1-3-7-16)24-10-12-25(13-11-24)23(27)21-14-17-8-4-5-9-20(17)28-21/h1-9,14,18-19H,10-13,15H2. The largest absolute Gasteiger partial charge is 0.451 e. The molecule has 1 aromatic heterocycles. The zero-order chi connectivity index (χ0) is 19.1. The molecule has 0 spiro atoms. The summed E-state index contributed by atoms with van der Waals surface area (Å²) < 4.78 is 5.70. The summed E-state index contributed by atoms with van der Waals surface area (Å²) in [7, 11) is 0. The molecule has 0 radical (unpaired) electrons. The summed E-state index contributed by atoms with van der Waals surface area (Å²) in [6.07, 6.45) is 0.932. The monoisotopic (exact) mass is 374 g/mol. The van der Waals surface area contributed by atoms with E-state index in [0.717, 1.165) is 17.4 Å². The minimum absolute atomic E-state index is 0.0972. The molecular formula is C23H22N2O3. The summed E-state index contributed by atoms with van der Waals surface area (Å²) in [6, 6.07) is 19.7. The Morgan fingerprint density at radius 3 is 2.29 bits per heavy atom. The van der Waals surface area contributed by atoms with E-state index in [0.29, 0.717) is 37.9 Å². The molecular weight excluding hydrogens is 352 g/mol. The minimum Gasteiger partial charge on any atom is -0.451 e.